The zero-order valence-electron chi connectivity index (χ0n) is 19.2. The minimum absolute atomic E-state index is 0.0208. The summed E-state index contributed by atoms with van der Waals surface area (Å²) in [4.78, 5) is 34.0. The number of hydrogen-bond donors (Lipinski definition) is 3. The molecule has 2 aromatic carbocycles. The Morgan fingerprint density at radius 2 is 1.94 bits per heavy atom. The van der Waals surface area contributed by atoms with Gasteiger partial charge in [-0.15, -0.1) is 0 Å². The number of pyridine rings is 1. The Labute approximate surface area is 197 Å². The number of carbonyl (C=O) groups is 2. The van der Waals surface area contributed by atoms with Crippen LogP contribution in [-0.4, -0.2) is 37.6 Å². The highest BCUT2D eigenvalue weighted by Crippen LogP contribution is 2.30. The molecule has 2 heterocycles. The summed E-state index contributed by atoms with van der Waals surface area (Å²) in [5, 5.41) is 13.0. The van der Waals surface area contributed by atoms with Crippen LogP contribution in [0.4, 0.5) is 0 Å². The van der Waals surface area contributed by atoms with E-state index in [9.17, 15) is 9.59 Å². The fourth-order valence-electron chi connectivity index (χ4n) is 5.10. The SMILES string of the molecule is Cc1cc(C(C)n2cnc3cc(C(=O)NC4CCCC4C(=O)NO)ccc32)c2ccccc2n1. The molecule has 1 saturated carbocycles. The van der Waals surface area contributed by atoms with Crippen LogP contribution in [-0.2, 0) is 4.79 Å². The van der Waals surface area contributed by atoms with Gasteiger partial charge in [-0.2, -0.15) is 0 Å². The van der Waals surface area contributed by atoms with Crippen molar-refractivity contribution in [3.8, 4) is 0 Å². The molecule has 2 aromatic heterocycles. The van der Waals surface area contributed by atoms with E-state index in [1.165, 1.54) is 5.56 Å². The van der Waals surface area contributed by atoms with Crippen molar-refractivity contribution in [3.63, 3.8) is 0 Å². The number of hydrogen-bond acceptors (Lipinski definition) is 5. The number of aryl methyl sites for hydroxylation is 1. The summed E-state index contributed by atoms with van der Waals surface area (Å²) in [6, 6.07) is 15.4. The standard InChI is InChI=1S/C26H27N5O3/c1-15-12-20(18-6-3-4-8-21(18)28-15)16(2)31-14-27-23-13-17(10-11-24(23)31)25(32)29-22-9-5-7-19(22)26(33)30-34/h3-4,6,8,10-14,16,19,22,34H,5,7,9H2,1-2H3,(H,29,32)(H,30,33). The molecular formula is C26H27N5O3. The van der Waals surface area contributed by atoms with Crippen LogP contribution in [0.15, 0.2) is 54.9 Å². The van der Waals surface area contributed by atoms with Gasteiger partial charge in [0.1, 0.15) is 0 Å². The van der Waals surface area contributed by atoms with E-state index in [0.29, 0.717) is 18.4 Å². The number of benzene rings is 2. The highest BCUT2D eigenvalue weighted by atomic mass is 16.5. The average molecular weight is 458 g/mol. The van der Waals surface area contributed by atoms with Crippen molar-refractivity contribution >= 4 is 33.8 Å². The van der Waals surface area contributed by atoms with Gasteiger partial charge in [-0.3, -0.25) is 19.8 Å². The molecule has 1 aliphatic rings. The van der Waals surface area contributed by atoms with E-state index in [1.54, 1.807) is 23.9 Å². The Balaban J connectivity index is 1.42. The van der Waals surface area contributed by atoms with Crippen LogP contribution in [0, 0.1) is 12.8 Å². The maximum absolute atomic E-state index is 12.9. The second-order valence-electron chi connectivity index (χ2n) is 8.99. The van der Waals surface area contributed by atoms with Crippen LogP contribution in [0.25, 0.3) is 21.9 Å². The smallest absolute Gasteiger partial charge is 0.251 e. The molecule has 1 aliphatic carbocycles. The molecule has 3 N–H and O–H groups in total. The number of rotatable bonds is 5. The van der Waals surface area contributed by atoms with Gasteiger partial charge in [0.15, 0.2) is 0 Å². The van der Waals surface area contributed by atoms with E-state index in [4.69, 9.17) is 5.21 Å². The van der Waals surface area contributed by atoms with Crippen molar-refractivity contribution in [1.29, 1.82) is 0 Å². The maximum Gasteiger partial charge on any atom is 0.251 e. The second kappa shape index (κ2) is 8.87. The molecule has 3 unspecified atom stereocenters. The molecule has 3 atom stereocenters. The van der Waals surface area contributed by atoms with Gasteiger partial charge in [0.25, 0.3) is 5.91 Å². The van der Waals surface area contributed by atoms with E-state index in [2.05, 4.69) is 38.9 Å². The quantitative estimate of drug-likeness (QED) is 0.311. The first-order valence-electron chi connectivity index (χ1n) is 11.5. The van der Waals surface area contributed by atoms with Gasteiger partial charge in [-0.1, -0.05) is 24.6 Å². The number of para-hydroxylation sites is 1. The lowest BCUT2D eigenvalue weighted by Gasteiger charge is -2.19. The molecule has 4 aromatic rings. The van der Waals surface area contributed by atoms with Gasteiger partial charge in [-0.25, -0.2) is 10.5 Å². The van der Waals surface area contributed by atoms with Crippen LogP contribution < -0.4 is 10.8 Å². The fourth-order valence-corrected chi connectivity index (χ4v) is 5.10. The molecule has 0 aliphatic heterocycles. The number of amides is 2. The Morgan fingerprint density at radius 1 is 1.12 bits per heavy atom. The first-order chi connectivity index (χ1) is 16.5. The predicted molar refractivity (Wildman–Crippen MR) is 129 cm³/mol. The Hall–Kier alpha value is -3.78. The van der Waals surface area contributed by atoms with E-state index >= 15 is 0 Å². The summed E-state index contributed by atoms with van der Waals surface area (Å²) in [5.74, 6) is -1.12. The number of imidazole rings is 1. The molecule has 0 radical (unpaired) electrons. The molecule has 2 amide bonds. The Morgan fingerprint density at radius 3 is 2.76 bits per heavy atom. The number of aromatic nitrogens is 3. The van der Waals surface area contributed by atoms with Crippen molar-refractivity contribution < 1.29 is 14.8 Å². The van der Waals surface area contributed by atoms with Crippen LogP contribution in [0.1, 0.15) is 53.8 Å². The van der Waals surface area contributed by atoms with Gasteiger partial charge in [0.2, 0.25) is 5.91 Å². The van der Waals surface area contributed by atoms with Crippen molar-refractivity contribution in [2.24, 2.45) is 5.92 Å². The zero-order valence-corrected chi connectivity index (χ0v) is 19.2. The summed E-state index contributed by atoms with van der Waals surface area (Å²) in [6.07, 6.45) is 3.98. The highest BCUT2D eigenvalue weighted by molar-refractivity contribution is 5.98. The van der Waals surface area contributed by atoms with Crippen molar-refractivity contribution in [1.82, 2.24) is 25.3 Å². The molecule has 5 rings (SSSR count). The van der Waals surface area contributed by atoms with Crippen LogP contribution in [0.2, 0.25) is 0 Å². The molecule has 0 bridgehead atoms. The summed E-state index contributed by atoms with van der Waals surface area (Å²) in [6.45, 7) is 4.13. The third kappa shape index (κ3) is 3.90. The molecular weight excluding hydrogens is 430 g/mol. The Kier molecular flexibility index (Phi) is 5.75. The summed E-state index contributed by atoms with van der Waals surface area (Å²) in [7, 11) is 0. The van der Waals surface area contributed by atoms with Gasteiger partial charge >= 0.3 is 0 Å². The average Bonchev–Trinajstić information content (AvgIpc) is 3.49. The number of nitrogens with zero attached hydrogens (tertiary/aromatic N) is 3. The lowest BCUT2D eigenvalue weighted by atomic mass is 10.0. The molecule has 1 fully saturated rings. The molecule has 0 spiro atoms. The van der Waals surface area contributed by atoms with E-state index in [0.717, 1.165) is 34.1 Å². The number of carbonyl (C=O) groups excluding carboxylic acids is 2. The van der Waals surface area contributed by atoms with Crippen LogP contribution in [0.5, 0.6) is 0 Å². The van der Waals surface area contributed by atoms with Gasteiger partial charge < -0.3 is 9.88 Å². The lowest BCUT2D eigenvalue weighted by molar-refractivity contribution is -0.133. The highest BCUT2D eigenvalue weighted by Gasteiger charge is 2.34. The first kappa shape index (κ1) is 22.0. The van der Waals surface area contributed by atoms with Crippen molar-refractivity contribution in [2.75, 3.05) is 0 Å². The lowest BCUT2D eigenvalue weighted by Crippen LogP contribution is -2.43. The topological polar surface area (TPSA) is 109 Å². The predicted octanol–water partition coefficient (Wildman–Crippen LogP) is 3.91. The van der Waals surface area contributed by atoms with Gasteiger partial charge in [-0.05, 0) is 62.6 Å². The first-order valence-corrected chi connectivity index (χ1v) is 11.5. The third-order valence-electron chi connectivity index (χ3n) is 6.86. The molecule has 34 heavy (non-hydrogen) atoms. The third-order valence-corrected chi connectivity index (χ3v) is 6.86. The number of fused-ring (bicyclic) bond motifs is 2. The number of nitrogens with one attached hydrogen (secondary N) is 2. The van der Waals surface area contributed by atoms with Crippen molar-refractivity contribution in [2.45, 2.75) is 45.2 Å². The van der Waals surface area contributed by atoms with E-state index in [-0.39, 0.29) is 18.0 Å². The molecule has 8 heteroatoms. The van der Waals surface area contributed by atoms with Crippen LogP contribution >= 0.6 is 0 Å². The zero-order chi connectivity index (χ0) is 23.8. The fraction of sp³-hybridized carbons (Fsp3) is 0.308. The van der Waals surface area contributed by atoms with Crippen LogP contribution in [0.3, 0.4) is 0 Å². The summed E-state index contributed by atoms with van der Waals surface area (Å²) in [5.41, 5.74) is 6.95. The summed E-state index contributed by atoms with van der Waals surface area (Å²) < 4.78 is 2.11. The maximum atomic E-state index is 12.9. The summed E-state index contributed by atoms with van der Waals surface area (Å²) >= 11 is 0. The van der Waals surface area contributed by atoms with Gasteiger partial charge in [0.05, 0.1) is 34.8 Å². The number of hydroxylamine groups is 1. The van der Waals surface area contributed by atoms with Gasteiger partial charge in [0, 0.05) is 22.7 Å². The largest absolute Gasteiger partial charge is 0.349 e. The minimum Gasteiger partial charge on any atom is -0.349 e. The monoisotopic (exact) mass is 457 g/mol. The molecule has 174 valence electrons. The van der Waals surface area contributed by atoms with Crippen molar-refractivity contribution in [3.05, 3.63) is 71.7 Å². The van der Waals surface area contributed by atoms with E-state index < -0.39 is 11.8 Å². The normalized spacial score (nSPS) is 18.8. The second-order valence-corrected chi connectivity index (χ2v) is 8.99. The minimum atomic E-state index is -0.454. The molecule has 8 nitrogen and oxygen atoms in total. The Bertz CT molecular complexity index is 1400. The molecule has 0 saturated heterocycles. The van der Waals surface area contributed by atoms with E-state index in [1.807, 2.05) is 31.2 Å².